The molecule has 3 nitrogen and oxygen atoms in total. The van der Waals surface area contributed by atoms with Crippen LogP contribution in [0.4, 0.5) is 8.78 Å². The molecule has 1 atom stereocenters. The van der Waals surface area contributed by atoms with E-state index in [1.54, 1.807) is 6.07 Å². The smallest absolute Gasteiger partial charge is 0.196 e. The number of carbonyl (C=O) groups excluding carboxylic acids is 2. The lowest BCUT2D eigenvalue weighted by atomic mass is 9.78. The Kier molecular flexibility index (Phi) is 4.45. The second-order valence-corrected chi connectivity index (χ2v) is 6.14. The molecule has 1 aromatic heterocycles. The number of benzene rings is 1. The number of carbonyl (C=O) groups is 2. The van der Waals surface area contributed by atoms with Gasteiger partial charge in [0.2, 0.25) is 0 Å². The lowest BCUT2D eigenvalue weighted by Crippen LogP contribution is -2.37. The summed E-state index contributed by atoms with van der Waals surface area (Å²) >= 11 is 5.86. The Hall–Kier alpha value is -2.14. The maximum atomic E-state index is 15.4. The maximum absolute atomic E-state index is 15.4. The van der Waals surface area contributed by atoms with E-state index in [0.29, 0.717) is 5.56 Å². The first-order valence-corrected chi connectivity index (χ1v) is 7.95. The summed E-state index contributed by atoms with van der Waals surface area (Å²) in [6.45, 7) is 0. The lowest BCUT2D eigenvalue weighted by Gasteiger charge is -2.29. The first-order chi connectivity index (χ1) is 11.4. The zero-order valence-corrected chi connectivity index (χ0v) is 13.4. The number of aryl methyl sites for hydroxylation is 1. The molecule has 2 aromatic rings. The quantitative estimate of drug-likeness (QED) is 0.830. The molecule has 124 valence electrons. The Balaban J connectivity index is 1.84. The average molecular weight is 350 g/mol. The third-order valence-corrected chi connectivity index (χ3v) is 4.71. The molecule has 0 amide bonds. The molecule has 1 aromatic carbocycles. The summed E-state index contributed by atoms with van der Waals surface area (Å²) in [5.41, 5.74) is -1.75. The number of alkyl halides is 1. The minimum Gasteiger partial charge on any atom is -0.296 e. The van der Waals surface area contributed by atoms with Crippen LogP contribution in [0, 0.1) is 5.82 Å². The minimum atomic E-state index is -2.24. The second-order valence-electron chi connectivity index (χ2n) is 5.76. The zero-order valence-electron chi connectivity index (χ0n) is 12.7. The van der Waals surface area contributed by atoms with Crippen molar-refractivity contribution in [2.45, 2.75) is 31.4 Å². The van der Waals surface area contributed by atoms with E-state index in [-0.39, 0.29) is 47.7 Å². The van der Waals surface area contributed by atoms with Gasteiger partial charge in [-0.2, -0.15) is 0 Å². The van der Waals surface area contributed by atoms with Gasteiger partial charge in [-0.25, -0.2) is 8.78 Å². The van der Waals surface area contributed by atoms with E-state index in [1.807, 2.05) is 0 Å². The standard InChI is InChI=1S/C18H14ClF2NO2/c19-16-11(3-1-5-13(16)20)6-7-15(24)18(21)9-8-14(23)17-12(18)4-2-10-22-17/h1-5,10H,6-9H2/t18-/m0/s1. The van der Waals surface area contributed by atoms with E-state index < -0.39 is 17.3 Å². The number of halogens is 3. The Morgan fingerprint density at radius 3 is 2.88 bits per heavy atom. The van der Waals surface area contributed by atoms with Crippen molar-refractivity contribution in [1.29, 1.82) is 0 Å². The topological polar surface area (TPSA) is 47.0 Å². The highest BCUT2D eigenvalue weighted by molar-refractivity contribution is 6.31. The SMILES string of the molecule is O=C1CC[C@@](F)(C(=O)CCc2cccc(F)c2Cl)c2cccnc21. The average Bonchev–Trinajstić information content (AvgIpc) is 2.59. The van der Waals surface area contributed by atoms with Crippen molar-refractivity contribution < 1.29 is 18.4 Å². The third kappa shape index (κ3) is 2.84. The number of hydrogen-bond donors (Lipinski definition) is 0. The highest BCUT2D eigenvalue weighted by Gasteiger charge is 2.45. The van der Waals surface area contributed by atoms with Crippen molar-refractivity contribution in [3.05, 3.63) is 64.2 Å². The van der Waals surface area contributed by atoms with E-state index in [9.17, 15) is 14.0 Å². The number of Topliss-reactive ketones (excluding diaryl/α,β-unsaturated/α-hetero) is 2. The molecule has 0 unspecified atom stereocenters. The fraction of sp³-hybridized carbons (Fsp3) is 0.278. The van der Waals surface area contributed by atoms with Crippen molar-refractivity contribution in [3.8, 4) is 0 Å². The van der Waals surface area contributed by atoms with E-state index in [0.717, 1.165) is 0 Å². The molecule has 0 fully saturated rings. The van der Waals surface area contributed by atoms with Crippen LogP contribution in [0.3, 0.4) is 0 Å². The van der Waals surface area contributed by atoms with Crippen molar-refractivity contribution in [3.63, 3.8) is 0 Å². The Morgan fingerprint density at radius 2 is 2.08 bits per heavy atom. The number of fused-ring (bicyclic) bond motifs is 1. The first kappa shape index (κ1) is 16.7. The summed E-state index contributed by atoms with van der Waals surface area (Å²) in [6, 6.07) is 7.24. The molecular formula is C18H14ClF2NO2. The zero-order chi connectivity index (χ0) is 17.3. The highest BCUT2D eigenvalue weighted by Crippen LogP contribution is 2.39. The lowest BCUT2D eigenvalue weighted by molar-refractivity contribution is -0.131. The van der Waals surface area contributed by atoms with Crippen LogP contribution in [0.1, 0.15) is 40.9 Å². The van der Waals surface area contributed by atoms with Crippen LogP contribution in [0.25, 0.3) is 0 Å². The number of hydrogen-bond acceptors (Lipinski definition) is 3. The number of aromatic nitrogens is 1. The van der Waals surface area contributed by atoms with Gasteiger partial charge in [-0.3, -0.25) is 14.6 Å². The van der Waals surface area contributed by atoms with Crippen molar-refractivity contribution in [1.82, 2.24) is 4.98 Å². The van der Waals surface area contributed by atoms with E-state index in [1.165, 1.54) is 30.5 Å². The molecule has 0 saturated heterocycles. The van der Waals surface area contributed by atoms with Crippen LogP contribution in [0.5, 0.6) is 0 Å². The molecule has 6 heteroatoms. The summed E-state index contributed by atoms with van der Waals surface area (Å²) in [5.74, 6) is -1.49. The second kappa shape index (κ2) is 6.40. The molecule has 0 spiro atoms. The molecule has 0 radical (unpaired) electrons. The van der Waals surface area contributed by atoms with Gasteiger partial charge in [0.05, 0.1) is 5.02 Å². The first-order valence-electron chi connectivity index (χ1n) is 7.57. The van der Waals surface area contributed by atoms with Crippen molar-refractivity contribution in [2.24, 2.45) is 0 Å². The summed E-state index contributed by atoms with van der Waals surface area (Å²) < 4.78 is 28.8. The van der Waals surface area contributed by atoms with Crippen LogP contribution < -0.4 is 0 Å². The fourth-order valence-corrected chi connectivity index (χ4v) is 3.18. The number of nitrogens with zero attached hydrogens (tertiary/aromatic N) is 1. The molecule has 1 aliphatic rings. The van der Waals surface area contributed by atoms with Crippen LogP contribution in [-0.4, -0.2) is 16.6 Å². The predicted molar refractivity (Wildman–Crippen MR) is 85.3 cm³/mol. The van der Waals surface area contributed by atoms with Gasteiger partial charge in [0, 0.05) is 31.0 Å². The van der Waals surface area contributed by atoms with Crippen molar-refractivity contribution in [2.75, 3.05) is 0 Å². The Morgan fingerprint density at radius 1 is 1.29 bits per heavy atom. The van der Waals surface area contributed by atoms with Gasteiger partial charge in [-0.05, 0) is 24.1 Å². The molecule has 0 aliphatic heterocycles. The molecule has 0 bridgehead atoms. The number of rotatable bonds is 4. The van der Waals surface area contributed by atoms with E-state index in [4.69, 9.17) is 11.6 Å². The molecule has 0 N–H and O–H groups in total. The van der Waals surface area contributed by atoms with Gasteiger partial charge in [0.1, 0.15) is 11.5 Å². The third-order valence-electron chi connectivity index (χ3n) is 4.29. The summed E-state index contributed by atoms with van der Waals surface area (Å²) in [5, 5.41) is -0.0564. The summed E-state index contributed by atoms with van der Waals surface area (Å²) in [4.78, 5) is 28.3. The van der Waals surface area contributed by atoms with Gasteiger partial charge in [-0.15, -0.1) is 0 Å². The van der Waals surface area contributed by atoms with Crippen LogP contribution in [0.15, 0.2) is 36.5 Å². The number of ketones is 2. The predicted octanol–water partition coefficient (Wildman–Crippen LogP) is 4.22. The van der Waals surface area contributed by atoms with Crippen LogP contribution in [-0.2, 0) is 16.9 Å². The highest BCUT2D eigenvalue weighted by atomic mass is 35.5. The Labute approximate surface area is 142 Å². The molecular weight excluding hydrogens is 336 g/mol. The molecule has 0 saturated carbocycles. The molecule has 3 rings (SSSR count). The van der Waals surface area contributed by atoms with Crippen LogP contribution in [0.2, 0.25) is 5.02 Å². The van der Waals surface area contributed by atoms with Gasteiger partial charge >= 0.3 is 0 Å². The maximum Gasteiger partial charge on any atom is 0.196 e. The minimum absolute atomic E-state index is 0.0170. The largest absolute Gasteiger partial charge is 0.296 e. The van der Waals surface area contributed by atoms with Gasteiger partial charge in [0.25, 0.3) is 0 Å². The van der Waals surface area contributed by atoms with E-state index in [2.05, 4.69) is 4.98 Å². The van der Waals surface area contributed by atoms with E-state index >= 15 is 4.39 Å². The summed E-state index contributed by atoms with van der Waals surface area (Å²) in [7, 11) is 0. The Bertz CT molecular complexity index is 824. The molecule has 1 heterocycles. The van der Waals surface area contributed by atoms with Crippen LogP contribution >= 0.6 is 11.6 Å². The normalized spacial score (nSPS) is 19.9. The van der Waals surface area contributed by atoms with Gasteiger partial charge in [0.15, 0.2) is 17.2 Å². The monoisotopic (exact) mass is 349 g/mol. The molecule has 1 aliphatic carbocycles. The number of pyridine rings is 1. The molecule has 24 heavy (non-hydrogen) atoms. The van der Waals surface area contributed by atoms with Gasteiger partial charge in [-0.1, -0.05) is 29.8 Å². The van der Waals surface area contributed by atoms with Crippen molar-refractivity contribution >= 4 is 23.2 Å². The summed E-state index contributed by atoms with van der Waals surface area (Å²) in [6.07, 6.45) is 1.14. The fourth-order valence-electron chi connectivity index (χ4n) is 2.96. The van der Waals surface area contributed by atoms with Gasteiger partial charge < -0.3 is 0 Å².